The van der Waals surface area contributed by atoms with Gasteiger partial charge in [0.05, 0.1) is 5.69 Å². The predicted octanol–water partition coefficient (Wildman–Crippen LogP) is 2.39. The highest BCUT2D eigenvalue weighted by Crippen LogP contribution is 2.26. The van der Waals surface area contributed by atoms with Crippen LogP contribution >= 0.6 is 0 Å². The van der Waals surface area contributed by atoms with Crippen LogP contribution in [0, 0.1) is 17.5 Å². The molecule has 2 aromatic rings. The number of hydrogen-bond acceptors (Lipinski definition) is 3. The van der Waals surface area contributed by atoms with Crippen molar-refractivity contribution in [3.8, 4) is 5.69 Å². The average Bonchev–Trinajstić information content (AvgIpc) is 2.58. The molecule has 0 amide bonds. The van der Waals surface area contributed by atoms with Crippen molar-refractivity contribution in [2.45, 2.75) is 19.8 Å². The lowest BCUT2D eigenvalue weighted by Gasteiger charge is -2.11. The van der Waals surface area contributed by atoms with E-state index in [2.05, 4.69) is 10.3 Å². The summed E-state index contributed by atoms with van der Waals surface area (Å²) in [5, 5.41) is 7.18. The van der Waals surface area contributed by atoms with Gasteiger partial charge in [-0.1, -0.05) is 19.1 Å². The third kappa shape index (κ3) is 1.92. The Bertz CT molecular complexity index is 569. The summed E-state index contributed by atoms with van der Waals surface area (Å²) in [6.45, 7) is 3.57. The molecule has 1 heterocycles. The molecule has 0 aliphatic carbocycles. The normalized spacial score (nSPS) is 11.2. The molecule has 2 rings (SSSR count). The summed E-state index contributed by atoms with van der Waals surface area (Å²) in [4.78, 5) is 0. The average molecular weight is 256 g/mol. The van der Waals surface area contributed by atoms with E-state index in [1.54, 1.807) is 13.8 Å². The van der Waals surface area contributed by atoms with Crippen LogP contribution in [-0.2, 0) is 0 Å². The molecule has 0 fully saturated rings. The molecule has 1 aromatic heterocycles. The van der Waals surface area contributed by atoms with Crippen LogP contribution in [0.2, 0.25) is 0 Å². The first-order valence-electron chi connectivity index (χ1n) is 5.27. The summed E-state index contributed by atoms with van der Waals surface area (Å²) >= 11 is 0. The number of benzene rings is 1. The van der Waals surface area contributed by atoms with Gasteiger partial charge in [0.2, 0.25) is 0 Å². The van der Waals surface area contributed by atoms with Crippen LogP contribution in [0.5, 0.6) is 0 Å². The van der Waals surface area contributed by atoms with Crippen LogP contribution in [0.15, 0.2) is 12.1 Å². The molecule has 0 unspecified atom stereocenters. The van der Waals surface area contributed by atoms with Crippen molar-refractivity contribution in [1.82, 2.24) is 15.0 Å². The van der Waals surface area contributed by atoms with Gasteiger partial charge >= 0.3 is 0 Å². The Hall–Kier alpha value is -2.05. The lowest BCUT2D eigenvalue weighted by atomic mass is 10.1. The minimum Gasteiger partial charge on any atom is -0.381 e. The third-order valence-electron chi connectivity index (χ3n) is 2.47. The molecule has 0 aliphatic rings. The molecule has 0 radical (unpaired) electrons. The highest BCUT2D eigenvalue weighted by molar-refractivity contribution is 5.43. The van der Waals surface area contributed by atoms with Crippen LogP contribution in [0.3, 0.4) is 0 Å². The summed E-state index contributed by atoms with van der Waals surface area (Å²) in [6, 6.07) is 1.17. The van der Waals surface area contributed by atoms with E-state index in [4.69, 9.17) is 5.73 Å². The number of anilines is 1. The van der Waals surface area contributed by atoms with E-state index in [1.807, 2.05) is 0 Å². The van der Waals surface area contributed by atoms with Crippen LogP contribution in [0.1, 0.15) is 25.5 Å². The maximum absolute atomic E-state index is 13.6. The van der Waals surface area contributed by atoms with E-state index in [-0.39, 0.29) is 11.7 Å². The van der Waals surface area contributed by atoms with Crippen molar-refractivity contribution in [3.05, 3.63) is 35.3 Å². The molecule has 0 atom stereocenters. The van der Waals surface area contributed by atoms with E-state index in [0.717, 1.165) is 4.68 Å². The molecule has 7 heteroatoms. The maximum atomic E-state index is 13.6. The van der Waals surface area contributed by atoms with Crippen molar-refractivity contribution in [1.29, 1.82) is 0 Å². The standard InChI is InChI=1S/C11H11F3N4/c1-5(2)9-11(15)16-17-18(9)10-7(13)3-6(12)4-8(10)14/h3-5H,15H2,1-2H3. The van der Waals surface area contributed by atoms with Crippen molar-refractivity contribution >= 4 is 5.82 Å². The monoisotopic (exact) mass is 256 g/mol. The third-order valence-corrected chi connectivity index (χ3v) is 2.47. The van der Waals surface area contributed by atoms with E-state index in [9.17, 15) is 13.2 Å². The van der Waals surface area contributed by atoms with Gasteiger partial charge in [-0.25, -0.2) is 17.9 Å². The second-order valence-electron chi connectivity index (χ2n) is 4.14. The summed E-state index contributed by atoms with van der Waals surface area (Å²) < 4.78 is 41.1. The molecule has 0 bridgehead atoms. The number of nitrogens with zero attached hydrogens (tertiary/aromatic N) is 3. The lowest BCUT2D eigenvalue weighted by Crippen LogP contribution is -2.10. The fourth-order valence-electron chi connectivity index (χ4n) is 1.74. The summed E-state index contributed by atoms with van der Waals surface area (Å²) in [6.07, 6.45) is 0. The van der Waals surface area contributed by atoms with Gasteiger partial charge < -0.3 is 5.73 Å². The van der Waals surface area contributed by atoms with Gasteiger partial charge in [-0.05, 0) is 5.92 Å². The summed E-state index contributed by atoms with van der Waals surface area (Å²) in [5.74, 6) is -3.15. The fraction of sp³-hybridized carbons (Fsp3) is 0.273. The Morgan fingerprint density at radius 1 is 1.17 bits per heavy atom. The molecule has 2 N–H and O–H groups in total. The van der Waals surface area contributed by atoms with Gasteiger partial charge in [-0.2, -0.15) is 0 Å². The van der Waals surface area contributed by atoms with Gasteiger partial charge in [0.1, 0.15) is 11.5 Å². The SMILES string of the molecule is CC(C)c1c(N)nnn1-c1c(F)cc(F)cc1F. The van der Waals surface area contributed by atoms with Gasteiger partial charge in [-0.15, -0.1) is 5.10 Å². The van der Waals surface area contributed by atoms with Gasteiger partial charge in [0.25, 0.3) is 0 Å². The second-order valence-corrected chi connectivity index (χ2v) is 4.14. The summed E-state index contributed by atoms with van der Waals surface area (Å²) in [5.41, 5.74) is 5.49. The van der Waals surface area contributed by atoms with Gasteiger partial charge in [0.15, 0.2) is 17.5 Å². The molecular formula is C11H11F3N4. The maximum Gasteiger partial charge on any atom is 0.169 e. The van der Waals surface area contributed by atoms with E-state index in [0.29, 0.717) is 17.8 Å². The smallest absolute Gasteiger partial charge is 0.169 e. The summed E-state index contributed by atoms with van der Waals surface area (Å²) in [7, 11) is 0. The zero-order valence-corrected chi connectivity index (χ0v) is 9.78. The quantitative estimate of drug-likeness (QED) is 0.897. The van der Waals surface area contributed by atoms with Gasteiger partial charge in [-0.3, -0.25) is 0 Å². The zero-order valence-electron chi connectivity index (χ0n) is 9.78. The number of nitrogen functional groups attached to an aromatic ring is 1. The number of rotatable bonds is 2. The minimum atomic E-state index is -1.06. The predicted molar refractivity (Wildman–Crippen MR) is 59.7 cm³/mol. The molecule has 18 heavy (non-hydrogen) atoms. The highest BCUT2D eigenvalue weighted by Gasteiger charge is 2.21. The zero-order chi connectivity index (χ0) is 13.4. The Labute approximate surface area is 101 Å². The molecule has 0 aliphatic heterocycles. The molecule has 4 nitrogen and oxygen atoms in total. The molecular weight excluding hydrogens is 245 g/mol. The minimum absolute atomic E-state index is 0.0909. The Balaban J connectivity index is 2.70. The van der Waals surface area contributed by atoms with E-state index in [1.165, 1.54) is 0 Å². The molecule has 0 saturated heterocycles. The fourth-order valence-corrected chi connectivity index (χ4v) is 1.74. The van der Waals surface area contributed by atoms with Gasteiger partial charge in [0, 0.05) is 12.1 Å². The first-order chi connectivity index (χ1) is 8.41. The first-order valence-corrected chi connectivity index (χ1v) is 5.27. The Kier molecular flexibility index (Phi) is 2.98. The highest BCUT2D eigenvalue weighted by atomic mass is 19.1. The molecule has 0 spiro atoms. The van der Waals surface area contributed by atoms with E-state index >= 15 is 0 Å². The molecule has 1 aromatic carbocycles. The van der Waals surface area contributed by atoms with Crippen LogP contribution in [-0.4, -0.2) is 15.0 Å². The van der Waals surface area contributed by atoms with Crippen molar-refractivity contribution in [2.24, 2.45) is 0 Å². The number of halogens is 3. The van der Waals surface area contributed by atoms with Crippen LogP contribution in [0.25, 0.3) is 5.69 Å². The molecule has 0 saturated carbocycles. The van der Waals surface area contributed by atoms with Crippen LogP contribution < -0.4 is 5.73 Å². The second kappa shape index (κ2) is 4.32. The van der Waals surface area contributed by atoms with Crippen molar-refractivity contribution in [2.75, 3.05) is 5.73 Å². The van der Waals surface area contributed by atoms with Crippen molar-refractivity contribution in [3.63, 3.8) is 0 Å². The van der Waals surface area contributed by atoms with E-state index < -0.39 is 23.1 Å². The van der Waals surface area contributed by atoms with Crippen molar-refractivity contribution < 1.29 is 13.2 Å². The Morgan fingerprint density at radius 3 is 2.22 bits per heavy atom. The lowest BCUT2D eigenvalue weighted by molar-refractivity contribution is 0.521. The first kappa shape index (κ1) is 12.4. The number of hydrogen-bond donors (Lipinski definition) is 1. The molecule has 96 valence electrons. The number of nitrogens with two attached hydrogens (primary N) is 1. The largest absolute Gasteiger partial charge is 0.381 e. The topological polar surface area (TPSA) is 56.7 Å². The Morgan fingerprint density at radius 2 is 1.72 bits per heavy atom. The van der Waals surface area contributed by atoms with Crippen LogP contribution in [0.4, 0.5) is 19.0 Å². The number of aromatic nitrogens is 3.